The molecule has 0 unspecified atom stereocenters. The summed E-state index contributed by atoms with van der Waals surface area (Å²) >= 11 is 0. The third-order valence-electron chi connectivity index (χ3n) is 2.08. The second-order valence-corrected chi connectivity index (χ2v) is 3.09. The van der Waals surface area contributed by atoms with Crippen LogP contribution in [0.25, 0.3) is 0 Å². The summed E-state index contributed by atoms with van der Waals surface area (Å²) in [6.45, 7) is 0.0771. The van der Waals surface area contributed by atoms with Gasteiger partial charge >= 0.3 is 0 Å². The van der Waals surface area contributed by atoms with Gasteiger partial charge in [0.1, 0.15) is 12.4 Å². The lowest BCUT2D eigenvalue weighted by molar-refractivity contribution is -0.121. The van der Waals surface area contributed by atoms with Gasteiger partial charge in [0.25, 0.3) is 5.91 Å². The monoisotopic (exact) mass is 209 g/mol. The highest BCUT2D eigenvalue weighted by molar-refractivity contribution is 5.93. The topological polar surface area (TPSA) is 38.8 Å². The summed E-state index contributed by atoms with van der Waals surface area (Å²) in [6.07, 6.45) is 0. The molecule has 0 spiro atoms. The molecule has 0 aliphatic heterocycles. The second-order valence-electron chi connectivity index (χ2n) is 3.09. The quantitative estimate of drug-likeness (QED) is 0.750. The van der Waals surface area contributed by atoms with E-state index in [0.717, 1.165) is 11.4 Å². The van der Waals surface area contributed by atoms with E-state index >= 15 is 0 Å². The minimum absolute atomic E-state index is 0.0771. The van der Waals surface area contributed by atoms with Crippen molar-refractivity contribution < 1.29 is 14.3 Å². The number of anilines is 1. The van der Waals surface area contributed by atoms with E-state index in [9.17, 15) is 4.79 Å². The molecular formula is C11H15NO3. The lowest BCUT2D eigenvalue weighted by Gasteiger charge is -2.17. The lowest BCUT2D eigenvalue weighted by Crippen LogP contribution is -2.29. The number of methoxy groups -OCH3 is 2. The summed E-state index contributed by atoms with van der Waals surface area (Å²) in [6, 6.07) is 7.31. The standard InChI is InChI=1S/C11H15NO3/c1-12(11(13)8-14-2)9-5-4-6-10(7-9)15-3/h4-7H,8H2,1-3H3. The molecule has 15 heavy (non-hydrogen) atoms. The Bertz CT molecular complexity index is 338. The second kappa shape index (κ2) is 5.36. The number of carbonyl (C=O) groups excluding carboxylic acids is 1. The van der Waals surface area contributed by atoms with Crippen molar-refractivity contribution in [3.05, 3.63) is 24.3 Å². The molecule has 0 aliphatic rings. The largest absolute Gasteiger partial charge is 0.497 e. The average Bonchev–Trinajstić information content (AvgIpc) is 2.28. The van der Waals surface area contributed by atoms with Crippen LogP contribution in [0.5, 0.6) is 5.75 Å². The maximum atomic E-state index is 11.5. The van der Waals surface area contributed by atoms with Gasteiger partial charge in [-0.15, -0.1) is 0 Å². The van der Waals surface area contributed by atoms with Crippen LogP contribution in [0.2, 0.25) is 0 Å². The summed E-state index contributed by atoms with van der Waals surface area (Å²) < 4.78 is 9.86. The molecule has 0 radical (unpaired) electrons. The lowest BCUT2D eigenvalue weighted by atomic mass is 10.3. The fourth-order valence-corrected chi connectivity index (χ4v) is 1.18. The van der Waals surface area contributed by atoms with Crippen LogP contribution in [0.4, 0.5) is 5.69 Å². The molecule has 1 aromatic rings. The van der Waals surface area contributed by atoms with Gasteiger partial charge in [-0.1, -0.05) is 6.07 Å². The van der Waals surface area contributed by atoms with Crippen LogP contribution in [-0.4, -0.2) is 33.8 Å². The van der Waals surface area contributed by atoms with Gasteiger partial charge in [-0.3, -0.25) is 4.79 Å². The van der Waals surface area contributed by atoms with Crippen molar-refractivity contribution in [2.24, 2.45) is 0 Å². The van der Waals surface area contributed by atoms with E-state index in [2.05, 4.69) is 0 Å². The number of hydrogen-bond acceptors (Lipinski definition) is 3. The van der Waals surface area contributed by atoms with Crippen molar-refractivity contribution in [1.29, 1.82) is 0 Å². The van der Waals surface area contributed by atoms with E-state index in [0.29, 0.717) is 0 Å². The summed E-state index contributed by atoms with van der Waals surface area (Å²) in [7, 11) is 4.80. The van der Waals surface area contributed by atoms with Crippen molar-refractivity contribution in [2.75, 3.05) is 32.8 Å². The third kappa shape index (κ3) is 2.95. The predicted molar refractivity (Wildman–Crippen MR) is 58.3 cm³/mol. The van der Waals surface area contributed by atoms with Gasteiger partial charge in [-0.2, -0.15) is 0 Å². The Morgan fingerprint density at radius 2 is 2.13 bits per heavy atom. The molecule has 0 N–H and O–H groups in total. The zero-order valence-electron chi connectivity index (χ0n) is 9.19. The van der Waals surface area contributed by atoms with Crippen LogP contribution in [0.1, 0.15) is 0 Å². The maximum Gasteiger partial charge on any atom is 0.252 e. The Morgan fingerprint density at radius 3 is 2.73 bits per heavy atom. The Balaban J connectivity index is 2.81. The molecule has 4 nitrogen and oxygen atoms in total. The van der Waals surface area contributed by atoms with Crippen molar-refractivity contribution in [3.8, 4) is 5.75 Å². The summed E-state index contributed by atoms with van der Waals surface area (Å²) in [5, 5.41) is 0. The van der Waals surface area contributed by atoms with Crippen molar-refractivity contribution in [2.45, 2.75) is 0 Å². The molecule has 0 saturated carbocycles. The summed E-state index contributed by atoms with van der Waals surface area (Å²) in [5.74, 6) is 0.635. The van der Waals surface area contributed by atoms with Crippen LogP contribution >= 0.6 is 0 Å². The highest BCUT2D eigenvalue weighted by atomic mass is 16.5. The Hall–Kier alpha value is -1.55. The first kappa shape index (κ1) is 11.5. The Morgan fingerprint density at radius 1 is 1.40 bits per heavy atom. The van der Waals surface area contributed by atoms with Gasteiger partial charge in [0.15, 0.2) is 0 Å². The van der Waals surface area contributed by atoms with Crippen LogP contribution in [0.3, 0.4) is 0 Å². The SMILES string of the molecule is COCC(=O)N(C)c1cccc(OC)c1. The zero-order chi connectivity index (χ0) is 11.3. The molecule has 0 heterocycles. The van der Waals surface area contributed by atoms with E-state index in [-0.39, 0.29) is 12.5 Å². The number of nitrogens with zero attached hydrogens (tertiary/aromatic N) is 1. The molecule has 0 aliphatic carbocycles. The van der Waals surface area contributed by atoms with E-state index in [1.807, 2.05) is 18.2 Å². The molecule has 4 heteroatoms. The first-order chi connectivity index (χ1) is 7.19. The fourth-order valence-electron chi connectivity index (χ4n) is 1.18. The van der Waals surface area contributed by atoms with E-state index in [4.69, 9.17) is 9.47 Å². The maximum absolute atomic E-state index is 11.5. The van der Waals surface area contributed by atoms with Gasteiger partial charge < -0.3 is 14.4 Å². The number of ether oxygens (including phenoxy) is 2. The van der Waals surface area contributed by atoms with Gasteiger partial charge in [0.2, 0.25) is 0 Å². The number of benzene rings is 1. The first-order valence-electron chi connectivity index (χ1n) is 4.58. The Kier molecular flexibility index (Phi) is 4.12. The molecule has 1 rings (SSSR count). The van der Waals surface area contributed by atoms with Crippen molar-refractivity contribution >= 4 is 11.6 Å². The minimum atomic E-state index is -0.0919. The van der Waals surface area contributed by atoms with Crippen LogP contribution in [0, 0.1) is 0 Å². The molecule has 0 bridgehead atoms. The zero-order valence-corrected chi connectivity index (χ0v) is 9.19. The number of amides is 1. The van der Waals surface area contributed by atoms with E-state index in [1.165, 1.54) is 12.0 Å². The minimum Gasteiger partial charge on any atom is -0.497 e. The highest BCUT2D eigenvalue weighted by Gasteiger charge is 2.10. The number of carbonyl (C=O) groups is 1. The van der Waals surface area contributed by atoms with Gasteiger partial charge in [-0.05, 0) is 12.1 Å². The van der Waals surface area contributed by atoms with Crippen molar-refractivity contribution in [3.63, 3.8) is 0 Å². The van der Waals surface area contributed by atoms with Crippen LogP contribution in [0.15, 0.2) is 24.3 Å². The number of likely N-dealkylation sites (N-methyl/N-ethyl adjacent to an activating group) is 1. The predicted octanol–water partition coefficient (Wildman–Crippen LogP) is 1.30. The molecule has 0 aromatic heterocycles. The number of rotatable bonds is 4. The summed E-state index contributed by atoms with van der Waals surface area (Å²) in [4.78, 5) is 13.0. The van der Waals surface area contributed by atoms with E-state index in [1.54, 1.807) is 20.2 Å². The first-order valence-corrected chi connectivity index (χ1v) is 4.58. The molecule has 1 amide bonds. The van der Waals surface area contributed by atoms with E-state index < -0.39 is 0 Å². The molecule has 0 fully saturated rings. The molecule has 1 aromatic carbocycles. The van der Waals surface area contributed by atoms with Crippen LogP contribution < -0.4 is 9.64 Å². The third-order valence-corrected chi connectivity index (χ3v) is 2.08. The van der Waals surface area contributed by atoms with Crippen molar-refractivity contribution in [1.82, 2.24) is 0 Å². The van der Waals surface area contributed by atoms with Crippen LogP contribution in [-0.2, 0) is 9.53 Å². The smallest absolute Gasteiger partial charge is 0.252 e. The molecule has 0 atom stereocenters. The van der Waals surface area contributed by atoms with Gasteiger partial charge in [0.05, 0.1) is 7.11 Å². The Labute approximate surface area is 89.4 Å². The molecule has 0 saturated heterocycles. The molecule has 82 valence electrons. The number of hydrogen-bond donors (Lipinski definition) is 0. The fraction of sp³-hybridized carbons (Fsp3) is 0.364. The summed E-state index contributed by atoms with van der Waals surface area (Å²) in [5.41, 5.74) is 0.788. The van der Waals surface area contributed by atoms with Gasteiger partial charge in [0, 0.05) is 25.9 Å². The normalized spacial score (nSPS) is 9.80. The van der Waals surface area contributed by atoms with Gasteiger partial charge in [-0.25, -0.2) is 0 Å². The average molecular weight is 209 g/mol. The highest BCUT2D eigenvalue weighted by Crippen LogP contribution is 2.19. The molecular weight excluding hydrogens is 194 g/mol.